The number of nitrogens with one attached hydrogen (secondary N) is 1. The van der Waals surface area contributed by atoms with Crippen LogP contribution in [0.5, 0.6) is 0 Å². The van der Waals surface area contributed by atoms with Crippen molar-refractivity contribution in [1.29, 1.82) is 0 Å². The lowest BCUT2D eigenvalue weighted by Gasteiger charge is -2.26. The number of amides is 1. The maximum absolute atomic E-state index is 13.0. The first-order valence-corrected chi connectivity index (χ1v) is 10.1. The molecule has 1 aliphatic carbocycles. The van der Waals surface area contributed by atoms with E-state index >= 15 is 0 Å². The summed E-state index contributed by atoms with van der Waals surface area (Å²) in [7, 11) is 0. The minimum absolute atomic E-state index is 0.132. The third kappa shape index (κ3) is 3.37. The zero-order valence-corrected chi connectivity index (χ0v) is 16.1. The van der Waals surface area contributed by atoms with Crippen LogP contribution in [-0.2, 0) is 5.54 Å². The third-order valence-electron chi connectivity index (χ3n) is 4.94. The fraction of sp³-hybridized carbons (Fsp3) is 0.368. The van der Waals surface area contributed by atoms with E-state index in [0.717, 1.165) is 36.5 Å². The van der Waals surface area contributed by atoms with Crippen LogP contribution in [0.2, 0.25) is 0 Å². The van der Waals surface area contributed by atoms with Crippen LogP contribution in [0, 0.1) is 6.92 Å². The number of carbonyl (C=O) groups excluding carboxylic acids is 1. The number of carbonyl (C=O) groups is 1. The number of hydrogen-bond donors (Lipinski definition) is 1. The Labute approximate surface area is 161 Å². The zero-order valence-electron chi connectivity index (χ0n) is 15.3. The van der Waals surface area contributed by atoms with Gasteiger partial charge in [-0.15, -0.1) is 0 Å². The molecule has 3 aromatic rings. The predicted molar refractivity (Wildman–Crippen MR) is 102 cm³/mol. The Kier molecular flexibility index (Phi) is 4.73. The molecule has 0 bridgehead atoms. The van der Waals surface area contributed by atoms with Crippen LogP contribution < -0.4 is 5.32 Å². The fourth-order valence-electron chi connectivity index (χ4n) is 3.60. The molecule has 2 aromatic heterocycles. The quantitative estimate of drug-likeness (QED) is 0.679. The number of imidazole rings is 1. The highest BCUT2D eigenvalue weighted by Crippen LogP contribution is 2.37. The van der Waals surface area contributed by atoms with E-state index in [1.165, 1.54) is 0 Å². The van der Waals surface area contributed by atoms with E-state index < -0.39 is 5.54 Å². The first-order chi connectivity index (χ1) is 13.1. The number of aryl methyl sites for hydroxylation is 1. The maximum atomic E-state index is 13.0. The van der Waals surface area contributed by atoms with Gasteiger partial charge in [0.05, 0.1) is 0 Å². The van der Waals surface area contributed by atoms with Crippen molar-refractivity contribution in [1.82, 2.24) is 25.0 Å². The fourth-order valence-corrected chi connectivity index (χ4v) is 4.13. The first kappa shape index (κ1) is 17.8. The molecule has 2 heterocycles. The van der Waals surface area contributed by atoms with Crippen molar-refractivity contribution >= 4 is 17.7 Å². The standard InChI is InChI=1S/C19H21N5O2S/c1-13-21-17(23-26-13)19(8-3-4-9-19)22-16(25)14-6-5-7-15(12-14)24-11-10-20-18(24)27-2/h5-7,10-12H,3-4,8-9H2,1-2H3,(H,22,25). The van der Waals surface area contributed by atoms with Gasteiger partial charge in [-0.1, -0.05) is 35.8 Å². The molecule has 27 heavy (non-hydrogen) atoms. The van der Waals surface area contributed by atoms with E-state index in [1.807, 2.05) is 41.3 Å². The first-order valence-electron chi connectivity index (χ1n) is 8.92. The summed E-state index contributed by atoms with van der Waals surface area (Å²) < 4.78 is 7.13. The van der Waals surface area contributed by atoms with Gasteiger partial charge in [-0.2, -0.15) is 4.98 Å². The van der Waals surface area contributed by atoms with Gasteiger partial charge in [-0.3, -0.25) is 9.36 Å². The van der Waals surface area contributed by atoms with Crippen molar-refractivity contribution in [3.8, 4) is 5.69 Å². The molecule has 1 aromatic carbocycles. The summed E-state index contributed by atoms with van der Waals surface area (Å²) in [4.78, 5) is 21.7. The van der Waals surface area contributed by atoms with Gasteiger partial charge < -0.3 is 9.84 Å². The van der Waals surface area contributed by atoms with Crippen LogP contribution in [-0.4, -0.2) is 31.9 Å². The lowest BCUT2D eigenvalue weighted by molar-refractivity contribution is 0.0892. The van der Waals surface area contributed by atoms with Crippen LogP contribution in [0.15, 0.2) is 46.3 Å². The molecule has 1 N–H and O–H groups in total. The summed E-state index contributed by atoms with van der Waals surface area (Å²) in [6.07, 6.45) is 9.31. The van der Waals surface area contributed by atoms with Gasteiger partial charge in [0.2, 0.25) is 5.89 Å². The molecule has 1 fully saturated rings. The summed E-state index contributed by atoms with van der Waals surface area (Å²) >= 11 is 1.56. The smallest absolute Gasteiger partial charge is 0.252 e. The number of hydrogen-bond acceptors (Lipinski definition) is 6. The van der Waals surface area contributed by atoms with Crippen molar-refractivity contribution in [3.05, 3.63) is 53.9 Å². The number of thioether (sulfide) groups is 1. The second-order valence-electron chi connectivity index (χ2n) is 6.71. The van der Waals surface area contributed by atoms with Crippen molar-refractivity contribution < 1.29 is 9.32 Å². The molecule has 1 aliphatic rings. The normalized spacial score (nSPS) is 15.8. The van der Waals surface area contributed by atoms with Crippen LogP contribution in [0.3, 0.4) is 0 Å². The Balaban J connectivity index is 1.62. The van der Waals surface area contributed by atoms with Gasteiger partial charge in [0.25, 0.3) is 5.91 Å². The Morgan fingerprint density at radius 3 is 2.85 bits per heavy atom. The van der Waals surface area contributed by atoms with Crippen LogP contribution in [0.25, 0.3) is 5.69 Å². The lowest BCUT2D eigenvalue weighted by atomic mass is 9.96. The zero-order chi connectivity index (χ0) is 18.9. The monoisotopic (exact) mass is 383 g/mol. The SMILES string of the molecule is CSc1nccn1-c1cccc(C(=O)NC2(c3noc(C)n3)CCCC2)c1. The van der Waals surface area contributed by atoms with E-state index in [-0.39, 0.29) is 5.91 Å². The molecule has 0 radical (unpaired) electrons. The van der Waals surface area contributed by atoms with E-state index in [1.54, 1.807) is 24.9 Å². The predicted octanol–water partition coefficient (Wildman–Crippen LogP) is 3.48. The molecule has 0 aliphatic heterocycles. The average Bonchev–Trinajstić information content (AvgIpc) is 3.42. The van der Waals surface area contributed by atoms with Crippen LogP contribution >= 0.6 is 11.8 Å². The van der Waals surface area contributed by atoms with Crippen molar-refractivity contribution in [2.75, 3.05) is 6.26 Å². The number of aromatic nitrogens is 4. The molecule has 8 heteroatoms. The maximum Gasteiger partial charge on any atom is 0.252 e. The minimum atomic E-state index is -0.551. The molecule has 0 unspecified atom stereocenters. The average molecular weight is 383 g/mol. The van der Waals surface area contributed by atoms with E-state index in [9.17, 15) is 4.79 Å². The Morgan fingerprint density at radius 2 is 2.15 bits per heavy atom. The van der Waals surface area contributed by atoms with E-state index in [0.29, 0.717) is 17.3 Å². The summed E-state index contributed by atoms with van der Waals surface area (Å²) in [5.74, 6) is 0.950. The topological polar surface area (TPSA) is 85.8 Å². The summed E-state index contributed by atoms with van der Waals surface area (Å²) in [5, 5.41) is 8.14. The van der Waals surface area contributed by atoms with Gasteiger partial charge in [-0.05, 0) is 37.3 Å². The molecule has 0 atom stereocenters. The Bertz CT molecular complexity index is 958. The second-order valence-corrected chi connectivity index (χ2v) is 7.49. The summed E-state index contributed by atoms with van der Waals surface area (Å²) in [6.45, 7) is 1.76. The molecule has 1 saturated carbocycles. The molecule has 0 spiro atoms. The Hall–Kier alpha value is -2.61. The molecular weight excluding hydrogens is 362 g/mol. The lowest BCUT2D eigenvalue weighted by Crippen LogP contribution is -2.44. The molecule has 140 valence electrons. The number of rotatable bonds is 5. The Morgan fingerprint density at radius 1 is 1.33 bits per heavy atom. The molecular formula is C19H21N5O2S. The van der Waals surface area contributed by atoms with Gasteiger partial charge in [0, 0.05) is 30.6 Å². The highest BCUT2D eigenvalue weighted by molar-refractivity contribution is 7.98. The van der Waals surface area contributed by atoms with Crippen molar-refractivity contribution in [2.45, 2.75) is 43.3 Å². The van der Waals surface area contributed by atoms with Crippen LogP contribution in [0.1, 0.15) is 47.8 Å². The van der Waals surface area contributed by atoms with Crippen molar-refractivity contribution in [2.24, 2.45) is 0 Å². The van der Waals surface area contributed by atoms with Crippen LogP contribution in [0.4, 0.5) is 0 Å². The molecule has 0 saturated heterocycles. The number of nitrogens with zero attached hydrogens (tertiary/aromatic N) is 4. The molecule has 7 nitrogen and oxygen atoms in total. The van der Waals surface area contributed by atoms with Crippen molar-refractivity contribution in [3.63, 3.8) is 0 Å². The number of benzene rings is 1. The van der Waals surface area contributed by atoms with E-state index in [4.69, 9.17) is 4.52 Å². The second kappa shape index (κ2) is 7.19. The van der Waals surface area contributed by atoms with Gasteiger partial charge in [-0.25, -0.2) is 4.98 Å². The minimum Gasteiger partial charge on any atom is -0.340 e. The van der Waals surface area contributed by atoms with Gasteiger partial charge >= 0.3 is 0 Å². The highest BCUT2D eigenvalue weighted by atomic mass is 32.2. The largest absolute Gasteiger partial charge is 0.340 e. The third-order valence-corrected chi connectivity index (χ3v) is 5.61. The van der Waals surface area contributed by atoms with Gasteiger partial charge in [0.15, 0.2) is 11.0 Å². The van der Waals surface area contributed by atoms with Gasteiger partial charge in [0.1, 0.15) is 5.54 Å². The summed E-state index contributed by atoms with van der Waals surface area (Å²) in [6, 6.07) is 7.54. The van der Waals surface area contributed by atoms with E-state index in [2.05, 4.69) is 20.4 Å². The molecule has 1 amide bonds. The molecule has 4 rings (SSSR count). The summed E-state index contributed by atoms with van der Waals surface area (Å²) in [5.41, 5.74) is 0.949. The highest BCUT2D eigenvalue weighted by Gasteiger charge is 2.41.